The molecule has 0 spiro atoms. The Kier molecular flexibility index (Phi) is 9.39. The topological polar surface area (TPSA) is 113 Å². The third-order valence-electron chi connectivity index (χ3n) is 6.61. The molecule has 0 bridgehead atoms. The Labute approximate surface area is 205 Å². The molecular weight excluding hydrogens is 450 g/mol. The summed E-state index contributed by atoms with van der Waals surface area (Å²) >= 11 is 0. The van der Waals surface area contributed by atoms with Crippen molar-refractivity contribution in [2.45, 2.75) is 50.5 Å². The van der Waals surface area contributed by atoms with Crippen LogP contribution in [0.1, 0.15) is 44.6 Å². The zero-order valence-corrected chi connectivity index (χ0v) is 20.0. The van der Waals surface area contributed by atoms with Gasteiger partial charge in [-0.1, -0.05) is 43.3 Å². The molecule has 1 atom stereocenters. The van der Waals surface area contributed by atoms with Crippen molar-refractivity contribution in [3.05, 3.63) is 60.2 Å². The Morgan fingerprint density at radius 2 is 1.63 bits per heavy atom. The first-order valence-electron chi connectivity index (χ1n) is 12.0. The quantitative estimate of drug-likeness (QED) is 0.566. The maximum atomic E-state index is 13.2. The molecular formula is C27H33NO7. The highest BCUT2D eigenvalue weighted by Crippen LogP contribution is 2.43. The molecule has 0 saturated carbocycles. The molecule has 2 N–H and O–H groups in total. The van der Waals surface area contributed by atoms with E-state index >= 15 is 0 Å². The van der Waals surface area contributed by atoms with Gasteiger partial charge < -0.3 is 24.6 Å². The summed E-state index contributed by atoms with van der Waals surface area (Å²) in [5.74, 6) is -1.73. The number of ketones is 1. The molecule has 0 radical (unpaired) electrons. The Balaban J connectivity index is 0.000000509. The molecule has 2 aliphatic heterocycles. The summed E-state index contributed by atoms with van der Waals surface area (Å²) in [6.07, 6.45) is 4.90. The average molecular weight is 484 g/mol. The van der Waals surface area contributed by atoms with Gasteiger partial charge >= 0.3 is 11.9 Å². The standard InChI is InChI=1S/C25H31NO3.C2H2O4/c1-2-24(27)25(14-16-26(17-15-25)19-21-11-8-18-28-21)22-12-6-7-13-23(22)29-20-9-4-3-5-10-20;3-1(4)2(5)6/h3-7,9-10,12-13,21H,2,8,11,14-19H2,1H3;(H,3,4)(H,5,6). The van der Waals surface area contributed by atoms with Crippen LogP contribution in [0.25, 0.3) is 0 Å². The average Bonchev–Trinajstić information content (AvgIpc) is 3.38. The molecule has 2 fully saturated rings. The molecule has 2 aromatic rings. The van der Waals surface area contributed by atoms with E-state index in [-0.39, 0.29) is 0 Å². The highest BCUT2D eigenvalue weighted by molar-refractivity contribution is 6.27. The van der Waals surface area contributed by atoms with Crippen molar-refractivity contribution in [3.63, 3.8) is 0 Å². The maximum absolute atomic E-state index is 13.2. The minimum Gasteiger partial charge on any atom is -0.473 e. The molecule has 0 aliphatic carbocycles. The summed E-state index contributed by atoms with van der Waals surface area (Å²) in [5.41, 5.74) is 0.570. The second kappa shape index (κ2) is 12.5. The zero-order valence-electron chi connectivity index (χ0n) is 20.0. The van der Waals surface area contributed by atoms with Crippen LogP contribution in [0.4, 0.5) is 0 Å². The van der Waals surface area contributed by atoms with Crippen LogP contribution >= 0.6 is 0 Å². The molecule has 2 heterocycles. The van der Waals surface area contributed by atoms with E-state index in [9.17, 15) is 4.79 Å². The summed E-state index contributed by atoms with van der Waals surface area (Å²) in [7, 11) is 0. The summed E-state index contributed by atoms with van der Waals surface area (Å²) < 4.78 is 12.0. The first-order chi connectivity index (χ1) is 16.9. The third-order valence-corrected chi connectivity index (χ3v) is 6.61. The first kappa shape index (κ1) is 26.4. The summed E-state index contributed by atoms with van der Waals surface area (Å²) in [5, 5.41) is 14.8. The van der Waals surface area contributed by atoms with Crippen LogP contribution in [0.3, 0.4) is 0 Å². The number of carboxylic acid groups (broad SMARTS) is 2. The number of likely N-dealkylation sites (tertiary alicyclic amines) is 1. The zero-order chi connectivity index (χ0) is 25.3. The van der Waals surface area contributed by atoms with Gasteiger partial charge in [0.05, 0.1) is 11.5 Å². The van der Waals surface area contributed by atoms with Crippen LogP contribution in [-0.4, -0.2) is 65.2 Å². The Hall–Kier alpha value is -3.23. The second-order valence-electron chi connectivity index (χ2n) is 8.82. The number of carbonyl (C=O) groups is 3. The predicted octanol–water partition coefficient (Wildman–Crippen LogP) is 4.13. The molecule has 2 saturated heterocycles. The molecule has 8 nitrogen and oxygen atoms in total. The molecule has 2 aromatic carbocycles. The van der Waals surface area contributed by atoms with Crippen LogP contribution < -0.4 is 4.74 Å². The number of nitrogens with zero attached hydrogens (tertiary/aromatic N) is 1. The van der Waals surface area contributed by atoms with Crippen molar-refractivity contribution in [3.8, 4) is 11.5 Å². The van der Waals surface area contributed by atoms with Gasteiger partial charge in [-0.25, -0.2) is 9.59 Å². The fourth-order valence-corrected chi connectivity index (χ4v) is 4.80. The van der Waals surface area contributed by atoms with Crippen molar-refractivity contribution in [1.82, 2.24) is 4.90 Å². The van der Waals surface area contributed by atoms with Gasteiger partial charge in [-0.05, 0) is 57.0 Å². The first-order valence-corrected chi connectivity index (χ1v) is 12.0. The number of rotatable bonds is 7. The lowest BCUT2D eigenvalue weighted by Crippen LogP contribution is -2.48. The molecule has 188 valence electrons. The summed E-state index contributed by atoms with van der Waals surface area (Å²) in [6, 6.07) is 17.9. The number of ether oxygens (including phenoxy) is 2. The molecule has 0 amide bonds. The summed E-state index contributed by atoms with van der Waals surface area (Å²) in [6.45, 7) is 5.69. The number of hydrogen-bond acceptors (Lipinski definition) is 6. The maximum Gasteiger partial charge on any atom is 0.414 e. The van der Waals surface area contributed by atoms with Crippen LogP contribution in [0.2, 0.25) is 0 Å². The van der Waals surface area contributed by atoms with Gasteiger partial charge in [0.25, 0.3) is 0 Å². The van der Waals surface area contributed by atoms with Crippen molar-refractivity contribution >= 4 is 17.7 Å². The van der Waals surface area contributed by atoms with Crippen LogP contribution in [0.15, 0.2) is 54.6 Å². The fraction of sp³-hybridized carbons (Fsp3) is 0.444. The highest BCUT2D eigenvalue weighted by Gasteiger charge is 2.43. The third kappa shape index (κ3) is 6.90. The van der Waals surface area contributed by atoms with E-state index in [1.807, 2.05) is 55.5 Å². The van der Waals surface area contributed by atoms with E-state index in [4.69, 9.17) is 29.3 Å². The van der Waals surface area contributed by atoms with Gasteiger partial charge in [-0.15, -0.1) is 0 Å². The molecule has 4 rings (SSSR count). The van der Waals surface area contributed by atoms with Gasteiger partial charge in [-0.3, -0.25) is 4.79 Å². The van der Waals surface area contributed by atoms with E-state index in [1.165, 1.54) is 6.42 Å². The van der Waals surface area contributed by atoms with E-state index in [0.717, 1.165) is 62.6 Å². The normalized spacial score (nSPS) is 19.3. The number of aliphatic carboxylic acids is 2. The van der Waals surface area contributed by atoms with E-state index in [1.54, 1.807) is 0 Å². The van der Waals surface area contributed by atoms with Gasteiger partial charge in [0.15, 0.2) is 0 Å². The van der Waals surface area contributed by atoms with E-state index < -0.39 is 17.4 Å². The van der Waals surface area contributed by atoms with E-state index in [0.29, 0.717) is 18.3 Å². The van der Waals surface area contributed by atoms with Gasteiger partial charge in [0.1, 0.15) is 17.3 Å². The van der Waals surface area contributed by atoms with Crippen molar-refractivity contribution in [2.75, 3.05) is 26.2 Å². The monoisotopic (exact) mass is 483 g/mol. The minimum atomic E-state index is -1.82. The molecule has 0 aromatic heterocycles. The lowest BCUT2D eigenvalue weighted by Gasteiger charge is -2.42. The van der Waals surface area contributed by atoms with Gasteiger partial charge in [0.2, 0.25) is 0 Å². The number of Topliss-reactive ketones (excluding diaryl/α,β-unsaturated/α-hetero) is 1. The van der Waals surface area contributed by atoms with Gasteiger partial charge in [0, 0.05) is 25.1 Å². The number of para-hydroxylation sites is 2. The molecule has 8 heteroatoms. The Bertz CT molecular complexity index is 982. The largest absolute Gasteiger partial charge is 0.473 e. The Morgan fingerprint density at radius 3 is 2.20 bits per heavy atom. The van der Waals surface area contributed by atoms with Crippen LogP contribution in [0, 0.1) is 0 Å². The molecule has 2 aliphatic rings. The lowest BCUT2D eigenvalue weighted by atomic mass is 9.68. The minimum absolute atomic E-state index is 0.318. The Morgan fingerprint density at radius 1 is 1.00 bits per heavy atom. The predicted molar refractivity (Wildman–Crippen MR) is 130 cm³/mol. The van der Waals surface area contributed by atoms with Crippen LogP contribution in [0.5, 0.6) is 11.5 Å². The SMILES string of the molecule is CCC(=O)C1(c2ccccc2Oc2ccccc2)CCN(CC2CCCO2)CC1.O=C(O)C(=O)O. The van der Waals surface area contributed by atoms with Crippen molar-refractivity contribution in [2.24, 2.45) is 0 Å². The van der Waals surface area contributed by atoms with E-state index in [2.05, 4.69) is 11.0 Å². The van der Waals surface area contributed by atoms with Crippen molar-refractivity contribution < 1.29 is 34.1 Å². The number of benzene rings is 2. The fourth-order valence-electron chi connectivity index (χ4n) is 4.80. The molecule has 35 heavy (non-hydrogen) atoms. The smallest absolute Gasteiger partial charge is 0.414 e. The lowest BCUT2D eigenvalue weighted by molar-refractivity contribution is -0.159. The summed E-state index contributed by atoms with van der Waals surface area (Å²) in [4.78, 5) is 33.9. The highest BCUT2D eigenvalue weighted by atomic mass is 16.5. The number of carboxylic acids is 2. The number of hydrogen-bond donors (Lipinski definition) is 2. The molecule has 1 unspecified atom stereocenters. The van der Waals surface area contributed by atoms with Crippen LogP contribution in [-0.2, 0) is 24.5 Å². The second-order valence-corrected chi connectivity index (χ2v) is 8.82. The van der Waals surface area contributed by atoms with Crippen molar-refractivity contribution in [1.29, 1.82) is 0 Å². The van der Waals surface area contributed by atoms with Gasteiger partial charge in [-0.2, -0.15) is 0 Å². The number of carbonyl (C=O) groups excluding carboxylic acids is 1. The number of piperidine rings is 1.